The lowest BCUT2D eigenvalue weighted by atomic mass is 9.93. The first kappa shape index (κ1) is 12.6. The van der Waals surface area contributed by atoms with Crippen LogP contribution >= 0.6 is 0 Å². The number of carbonyl (C=O) groups excluding carboxylic acids is 2. The second-order valence-electron chi connectivity index (χ2n) is 5.23. The molecule has 2 rings (SSSR count). The van der Waals surface area contributed by atoms with Crippen LogP contribution in [0.4, 0.5) is 0 Å². The predicted molar refractivity (Wildman–Crippen MR) is 65.7 cm³/mol. The summed E-state index contributed by atoms with van der Waals surface area (Å²) in [6, 6.07) is -0.0182. The van der Waals surface area contributed by atoms with E-state index in [0.29, 0.717) is 18.7 Å². The molecule has 4 heteroatoms. The second-order valence-corrected chi connectivity index (χ2v) is 5.23. The number of rotatable bonds is 3. The zero-order chi connectivity index (χ0) is 12.3. The minimum absolute atomic E-state index is 0.0182. The van der Waals surface area contributed by atoms with E-state index in [1.165, 1.54) is 0 Å². The fourth-order valence-corrected chi connectivity index (χ4v) is 2.82. The van der Waals surface area contributed by atoms with E-state index in [-0.39, 0.29) is 11.9 Å². The van der Waals surface area contributed by atoms with Gasteiger partial charge in [-0.25, -0.2) is 0 Å². The lowest BCUT2D eigenvalue weighted by molar-refractivity contribution is -0.133. The smallest absolute Gasteiger partial charge is 0.236 e. The Hall–Kier alpha value is -0.900. The average Bonchev–Trinajstić information content (AvgIpc) is 2.82. The van der Waals surface area contributed by atoms with Crippen LogP contribution in [0.2, 0.25) is 0 Å². The number of hydrogen-bond donors (Lipinski definition) is 0. The number of carbonyl (C=O) groups is 2. The van der Waals surface area contributed by atoms with Crippen LogP contribution in [0, 0.1) is 0 Å². The first-order valence-electron chi connectivity index (χ1n) is 6.69. The molecule has 1 atom stereocenters. The molecule has 0 aromatic heterocycles. The van der Waals surface area contributed by atoms with Gasteiger partial charge in [-0.2, -0.15) is 0 Å². The van der Waals surface area contributed by atoms with Gasteiger partial charge < -0.3 is 4.90 Å². The van der Waals surface area contributed by atoms with Crippen LogP contribution in [-0.2, 0) is 9.59 Å². The van der Waals surface area contributed by atoms with Crippen LogP contribution in [0.25, 0.3) is 0 Å². The van der Waals surface area contributed by atoms with Crippen molar-refractivity contribution >= 4 is 11.7 Å². The Morgan fingerprint density at radius 3 is 2.65 bits per heavy atom. The van der Waals surface area contributed by atoms with Crippen LogP contribution in [0.1, 0.15) is 38.5 Å². The lowest BCUT2D eigenvalue weighted by Gasteiger charge is -2.30. The first-order chi connectivity index (χ1) is 8.18. The monoisotopic (exact) mass is 238 g/mol. The van der Waals surface area contributed by atoms with Gasteiger partial charge in [0.25, 0.3) is 0 Å². The Bertz CT molecular complexity index is 298. The van der Waals surface area contributed by atoms with E-state index in [0.717, 1.165) is 45.2 Å². The molecular weight excluding hydrogens is 216 g/mol. The molecule has 0 aromatic rings. The number of ketones is 1. The van der Waals surface area contributed by atoms with Gasteiger partial charge in [-0.05, 0) is 32.7 Å². The highest BCUT2D eigenvalue weighted by atomic mass is 16.2. The molecule has 2 fully saturated rings. The van der Waals surface area contributed by atoms with E-state index in [1.807, 2.05) is 16.8 Å². The Labute approximate surface area is 103 Å². The van der Waals surface area contributed by atoms with Crippen molar-refractivity contribution in [3.8, 4) is 0 Å². The van der Waals surface area contributed by atoms with Crippen LogP contribution < -0.4 is 0 Å². The van der Waals surface area contributed by atoms with Gasteiger partial charge >= 0.3 is 0 Å². The van der Waals surface area contributed by atoms with Crippen LogP contribution in [0.15, 0.2) is 0 Å². The molecule has 1 aliphatic carbocycles. The Morgan fingerprint density at radius 1 is 1.29 bits per heavy atom. The zero-order valence-corrected chi connectivity index (χ0v) is 10.7. The van der Waals surface area contributed by atoms with Crippen molar-refractivity contribution in [3.63, 3.8) is 0 Å². The van der Waals surface area contributed by atoms with Gasteiger partial charge in [0.1, 0.15) is 5.78 Å². The van der Waals surface area contributed by atoms with Gasteiger partial charge in [-0.1, -0.05) is 6.42 Å². The molecule has 1 heterocycles. The standard InChI is InChI=1S/C13H22N2O2/c1-14(11-6-2-3-7-12(11)16)10-13(17)15-8-4-5-9-15/h11H,2-10H2,1H3. The van der Waals surface area contributed by atoms with Crippen molar-refractivity contribution in [3.05, 3.63) is 0 Å². The maximum Gasteiger partial charge on any atom is 0.236 e. The number of nitrogens with zero attached hydrogens (tertiary/aromatic N) is 2. The summed E-state index contributed by atoms with van der Waals surface area (Å²) < 4.78 is 0. The summed E-state index contributed by atoms with van der Waals surface area (Å²) in [5.74, 6) is 0.497. The van der Waals surface area contributed by atoms with Gasteiger partial charge in [0.2, 0.25) is 5.91 Å². The van der Waals surface area contributed by atoms with Gasteiger partial charge in [0, 0.05) is 19.5 Å². The van der Waals surface area contributed by atoms with Crippen LogP contribution in [0.3, 0.4) is 0 Å². The second kappa shape index (κ2) is 5.63. The highest BCUT2D eigenvalue weighted by Crippen LogP contribution is 2.19. The van der Waals surface area contributed by atoms with Crippen molar-refractivity contribution in [2.75, 3.05) is 26.7 Å². The summed E-state index contributed by atoms with van der Waals surface area (Å²) in [4.78, 5) is 27.6. The number of amides is 1. The van der Waals surface area contributed by atoms with Gasteiger partial charge in [0.05, 0.1) is 12.6 Å². The molecule has 2 aliphatic rings. The van der Waals surface area contributed by atoms with Gasteiger partial charge in [0.15, 0.2) is 0 Å². The predicted octanol–water partition coefficient (Wildman–Crippen LogP) is 1.05. The molecule has 4 nitrogen and oxygen atoms in total. The lowest BCUT2D eigenvalue weighted by Crippen LogP contribution is -2.46. The normalized spacial score (nSPS) is 25.6. The van der Waals surface area contributed by atoms with E-state index in [1.54, 1.807) is 0 Å². The molecule has 17 heavy (non-hydrogen) atoms. The highest BCUT2D eigenvalue weighted by Gasteiger charge is 2.28. The molecule has 0 spiro atoms. The van der Waals surface area contributed by atoms with Crippen LogP contribution in [-0.4, -0.2) is 54.2 Å². The highest BCUT2D eigenvalue weighted by molar-refractivity contribution is 5.85. The zero-order valence-electron chi connectivity index (χ0n) is 10.7. The molecule has 1 aliphatic heterocycles. The average molecular weight is 238 g/mol. The van der Waals surface area contributed by atoms with Gasteiger partial charge in [-0.3, -0.25) is 14.5 Å². The SMILES string of the molecule is CN(CC(=O)N1CCCC1)C1CCCCC1=O. The quantitative estimate of drug-likeness (QED) is 0.738. The number of Topliss-reactive ketones (excluding diaryl/α,β-unsaturated/α-hetero) is 1. The van der Waals surface area contributed by atoms with Crippen molar-refractivity contribution < 1.29 is 9.59 Å². The van der Waals surface area contributed by atoms with E-state index in [4.69, 9.17) is 0 Å². The number of hydrogen-bond acceptors (Lipinski definition) is 3. The van der Waals surface area contributed by atoms with Crippen molar-refractivity contribution in [1.29, 1.82) is 0 Å². The van der Waals surface area contributed by atoms with Crippen molar-refractivity contribution in [2.45, 2.75) is 44.6 Å². The summed E-state index contributed by atoms with van der Waals surface area (Å²) >= 11 is 0. The van der Waals surface area contributed by atoms with E-state index < -0.39 is 0 Å². The van der Waals surface area contributed by atoms with Crippen molar-refractivity contribution in [2.24, 2.45) is 0 Å². The molecule has 0 N–H and O–H groups in total. The van der Waals surface area contributed by atoms with E-state index in [2.05, 4.69) is 0 Å². The topological polar surface area (TPSA) is 40.6 Å². The molecule has 0 bridgehead atoms. The Kier molecular flexibility index (Phi) is 4.15. The fourth-order valence-electron chi connectivity index (χ4n) is 2.82. The molecule has 0 aromatic carbocycles. The Morgan fingerprint density at radius 2 is 2.00 bits per heavy atom. The minimum atomic E-state index is -0.0182. The summed E-state index contributed by atoms with van der Waals surface area (Å²) in [6.45, 7) is 2.19. The molecule has 1 unspecified atom stereocenters. The fraction of sp³-hybridized carbons (Fsp3) is 0.846. The molecule has 1 saturated heterocycles. The molecule has 1 saturated carbocycles. The third kappa shape index (κ3) is 3.06. The summed E-state index contributed by atoms with van der Waals surface area (Å²) in [6.07, 6.45) is 5.98. The maximum atomic E-state index is 12.0. The van der Waals surface area contributed by atoms with E-state index in [9.17, 15) is 9.59 Å². The third-order valence-corrected chi connectivity index (χ3v) is 3.90. The summed E-state index contributed by atoms with van der Waals surface area (Å²) in [5.41, 5.74) is 0. The third-order valence-electron chi connectivity index (χ3n) is 3.90. The Balaban J connectivity index is 1.84. The number of likely N-dealkylation sites (tertiary alicyclic amines) is 1. The molecule has 1 amide bonds. The summed E-state index contributed by atoms with van der Waals surface area (Å²) in [7, 11) is 1.90. The van der Waals surface area contributed by atoms with E-state index >= 15 is 0 Å². The summed E-state index contributed by atoms with van der Waals surface area (Å²) in [5, 5.41) is 0. The molecular formula is C13H22N2O2. The van der Waals surface area contributed by atoms with Gasteiger partial charge in [-0.15, -0.1) is 0 Å². The largest absolute Gasteiger partial charge is 0.342 e. The first-order valence-corrected chi connectivity index (χ1v) is 6.69. The van der Waals surface area contributed by atoms with Crippen LogP contribution in [0.5, 0.6) is 0 Å². The molecule has 0 radical (unpaired) electrons. The number of likely N-dealkylation sites (N-methyl/N-ethyl adjacent to an activating group) is 1. The van der Waals surface area contributed by atoms with Crippen molar-refractivity contribution in [1.82, 2.24) is 9.80 Å². The maximum absolute atomic E-state index is 12.0. The molecule has 96 valence electrons. The minimum Gasteiger partial charge on any atom is -0.342 e.